The molecule has 0 bridgehead atoms. The number of para-hydroxylation sites is 1. The monoisotopic (exact) mass is 431 g/mol. The Balaban J connectivity index is 1.57. The van der Waals surface area contributed by atoms with Crippen molar-refractivity contribution in [3.05, 3.63) is 71.0 Å². The second-order valence-electron chi connectivity index (χ2n) is 5.43. The molecule has 0 atom stereocenters. The Hall–Kier alpha value is -2.25. The summed E-state index contributed by atoms with van der Waals surface area (Å²) in [6.07, 6.45) is 3.62. The highest BCUT2D eigenvalue weighted by Gasteiger charge is 2.10. The number of nitrogens with one attached hydrogen (secondary N) is 1. The van der Waals surface area contributed by atoms with Gasteiger partial charge in [-0.3, -0.25) is 9.36 Å². The zero-order chi connectivity index (χ0) is 18.4. The zero-order valence-corrected chi connectivity index (χ0v) is 16.6. The molecule has 0 aliphatic carbocycles. The quantitative estimate of drug-likeness (QED) is 0.573. The van der Waals surface area contributed by atoms with Crippen LogP contribution in [0.3, 0.4) is 0 Å². The third-order valence-corrected chi connectivity index (χ3v) is 5.21. The van der Waals surface area contributed by atoms with Gasteiger partial charge in [-0.1, -0.05) is 45.9 Å². The molecule has 2 aromatic carbocycles. The lowest BCUT2D eigenvalue weighted by Gasteiger charge is -2.10. The number of halogens is 1. The average molecular weight is 432 g/mol. The van der Waals surface area contributed by atoms with Crippen molar-refractivity contribution in [2.75, 3.05) is 12.9 Å². The number of benzene rings is 2. The number of amides is 1. The van der Waals surface area contributed by atoms with Gasteiger partial charge >= 0.3 is 0 Å². The van der Waals surface area contributed by atoms with E-state index in [1.165, 1.54) is 11.8 Å². The van der Waals surface area contributed by atoms with Gasteiger partial charge in [0.2, 0.25) is 5.91 Å². The van der Waals surface area contributed by atoms with Crippen molar-refractivity contribution in [1.29, 1.82) is 0 Å². The molecule has 1 aromatic heterocycles. The Morgan fingerprint density at radius 1 is 1.23 bits per heavy atom. The Kier molecular flexibility index (Phi) is 6.35. The highest BCUT2D eigenvalue weighted by atomic mass is 79.9. The van der Waals surface area contributed by atoms with Crippen LogP contribution in [0.2, 0.25) is 0 Å². The molecule has 3 rings (SSSR count). The summed E-state index contributed by atoms with van der Waals surface area (Å²) in [5.41, 5.74) is 1.95. The summed E-state index contributed by atoms with van der Waals surface area (Å²) in [6, 6.07) is 15.6. The maximum Gasteiger partial charge on any atom is 0.230 e. The van der Waals surface area contributed by atoms with Crippen molar-refractivity contribution in [3.8, 4) is 11.4 Å². The van der Waals surface area contributed by atoms with Crippen molar-refractivity contribution in [2.24, 2.45) is 0 Å². The fourth-order valence-corrected chi connectivity index (χ4v) is 3.49. The second kappa shape index (κ2) is 8.91. The summed E-state index contributed by atoms with van der Waals surface area (Å²) in [5.74, 6) is 1.01. The van der Waals surface area contributed by atoms with Crippen LogP contribution in [0.15, 0.2) is 70.6 Å². The standard InChI is InChI=1S/C19H18BrN3O2S/c1-25-17-5-3-2-4-14(17)12-22-18(24)13-26-19-21-10-11-23(19)16-8-6-15(20)7-9-16/h2-11H,12-13H2,1H3,(H,22,24). The van der Waals surface area contributed by atoms with Gasteiger partial charge in [-0.25, -0.2) is 4.98 Å². The first-order valence-electron chi connectivity index (χ1n) is 7.98. The number of rotatable bonds is 7. The van der Waals surface area contributed by atoms with Gasteiger partial charge in [0.05, 0.1) is 12.9 Å². The molecule has 0 aliphatic heterocycles. The third kappa shape index (κ3) is 4.68. The number of methoxy groups -OCH3 is 1. The number of imidazole rings is 1. The zero-order valence-electron chi connectivity index (χ0n) is 14.2. The Morgan fingerprint density at radius 3 is 2.77 bits per heavy atom. The van der Waals surface area contributed by atoms with Crippen molar-refractivity contribution in [3.63, 3.8) is 0 Å². The van der Waals surface area contributed by atoms with Gasteiger partial charge in [0.25, 0.3) is 0 Å². The molecule has 0 unspecified atom stereocenters. The van der Waals surface area contributed by atoms with Gasteiger partial charge in [-0.2, -0.15) is 0 Å². The number of thioether (sulfide) groups is 1. The first kappa shape index (κ1) is 18.5. The van der Waals surface area contributed by atoms with Crippen molar-refractivity contribution >= 4 is 33.6 Å². The van der Waals surface area contributed by atoms with E-state index in [0.29, 0.717) is 12.3 Å². The van der Waals surface area contributed by atoms with E-state index in [9.17, 15) is 4.79 Å². The lowest BCUT2D eigenvalue weighted by atomic mass is 10.2. The summed E-state index contributed by atoms with van der Waals surface area (Å²) >= 11 is 4.83. The van der Waals surface area contributed by atoms with Crippen LogP contribution in [0.25, 0.3) is 5.69 Å². The fraction of sp³-hybridized carbons (Fsp3) is 0.158. The van der Waals surface area contributed by atoms with E-state index in [2.05, 4.69) is 26.2 Å². The average Bonchev–Trinajstić information content (AvgIpc) is 3.14. The van der Waals surface area contributed by atoms with E-state index in [4.69, 9.17) is 4.74 Å². The summed E-state index contributed by atoms with van der Waals surface area (Å²) < 4.78 is 8.28. The minimum absolute atomic E-state index is 0.0498. The number of nitrogens with zero attached hydrogens (tertiary/aromatic N) is 2. The van der Waals surface area contributed by atoms with Gasteiger partial charge in [0, 0.05) is 34.7 Å². The molecule has 0 saturated heterocycles. The largest absolute Gasteiger partial charge is 0.496 e. The van der Waals surface area contributed by atoms with E-state index in [1.807, 2.05) is 59.3 Å². The van der Waals surface area contributed by atoms with E-state index >= 15 is 0 Å². The van der Waals surface area contributed by atoms with Crippen molar-refractivity contribution < 1.29 is 9.53 Å². The van der Waals surface area contributed by atoms with Crippen LogP contribution in [-0.4, -0.2) is 28.3 Å². The first-order valence-corrected chi connectivity index (χ1v) is 9.76. The van der Waals surface area contributed by atoms with Gasteiger partial charge in [0.1, 0.15) is 5.75 Å². The molecule has 5 nitrogen and oxygen atoms in total. The topological polar surface area (TPSA) is 56.1 Å². The van der Waals surface area contributed by atoms with Gasteiger partial charge in [-0.15, -0.1) is 0 Å². The number of hydrogen-bond donors (Lipinski definition) is 1. The molecule has 3 aromatic rings. The van der Waals surface area contributed by atoms with E-state index in [1.54, 1.807) is 13.3 Å². The highest BCUT2D eigenvalue weighted by molar-refractivity contribution is 9.10. The van der Waals surface area contributed by atoms with Gasteiger partial charge < -0.3 is 10.1 Å². The van der Waals surface area contributed by atoms with Gasteiger partial charge in [0.15, 0.2) is 5.16 Å². The minimum atomic E-state index is -0.0498. The molecule has 26 heavy (non-hydrogen) atoms. The fourth-order valence-electron chi connectivity index (χ4n) is 2.42. The number of carbonyl (C=O) groups is 1. The number of hydrogen-bond acceptors (Lipinski definition) is 4. The number of carbonyl (C=O) groups excluding carboxylic acids is 1. The van der Waals surface area contributed by atoms with E-state index in [-0.39, 0.29) is 5.91 Å². The Labute approximate surface area is 164 Å². The Morgan fingerprint density at radius 2 is 2.00 bits per heavy atom. The molecule has 0 fully saturated rings. The van der Waals surface area contributed by atoms with Crippen LogP contribution in [0.4, 0.5) is 0 Å². The SMILES string of the molecule is COc1ccccc1CNC(=O)CSc1nccn1-c1ccc(Br)cc1. The second-order valence-corrected chi connectivity index (χ2v) is 7.29. The lowest BCUT2D eigenvalue weighted by molar-refractivity contribution is -0.118. The predicted octanol–water partition coefficient (Wildman–Crippen LogP) is 4.05. The lowest BCUT2D eigenvalue weighted by Crippen LogP contribution is -2.25. The molecule has 1 amide bonds. The molecular formula is C19H18BrN3O2S. The van der Waals surface area contributed by atoms with Crippen molar-refractivity contribution in [2.45, 2.75) is 11.7 Å². The molecule has 134 valence electrons. The Bertz CT molecular complexity index is 881. The van der Waals surface area contributed by atoms with Crippen LogP contribution in [0.1, 0.15) is 5.56 Å². The summed E-state index contributed by atoms with van der Waals surface area (Å²) in [6.45, 7) is 0.435. The van der Waals surface area contributed by atoms with Gasteiger partial charge in [-0.05, 0) is 30.3 Å². The highest BCUT2D eigenvalue weighted by Crippen LogP contribution is 2.22. The maximum absolute atomic E-state index is 12.2. The third-order valence-electron chi connectivity index (χ3n) is 3.71. The van der Waals surface area contributed by atoms with Crippen LogP contribution >= 0.6 is 27.7 Å². The van der Waals surface area contributed by atoms with Crippen LogP contribution < -0.4 is 10.1 Å². The van der Waals surface area contributed by atoms with Crippen molar-refractivity contribution in [1.82, 2.24) is 14.9 Å². The molecular weight excluding hydrogens is 414 g/mol. The summed E-state index contributed by atoms with van der Waals surface area (Å²) in [5, 5.41) is 3.70. The minimum Gasteiger partial charge on any atom is -0.496 e. The molecule has 0 spiro atoms. The van der Waals surface area contributed by atoms with E-state index < -0.39 is 0 Å². The number of aromatic nitrogens is 2. The normalized spacial score (nSPS) is 10.5. The number of ether oxygens (including phenoxy) is 1. The molecule has 0 radical (unpaired) electrons. The maximum atomic E-state index is 12.2. The van der Waals surface area contributed by atoms with Crippen LogP contribution in [0, 0.1) is 0 Å². The smallest absolute Gasteiger partial charge is 0.230 e. The molecule has 1 heterocycles. The predicted molar refractivity (Wildman–Crippen MR) is 107 cm³/mol. The molecule has 7 heteroatoms. The first-order chi connectivity index (χ1) is 12.7. The summed E-state index contributed by atoms with van der Waals surface area (Å²) in [7, 11) is 1.62. The molecule has 0 saturated carbocycles. The molecule has 1 N–H and O–H groups in total. The van der Waals surface area contributed by atoms with Crippen LogP contribution in [0.5, 0.6) is 5.75 Å². The molecule has 0 aliphatic rings. The van der Waals surface area contributed by atoms with Crippen LogP contribution in [-0.2, 0) is 11.3 Å². The van der Waals surface area contributed by atoms with E-state index in [0.717, 1.165) is 26.6 Å². The summed E-state index contributed by atoms with van der Waals surface area (Å²) in [4.78, 5) is 16.5.